The van der Waals surface area contributed by atoms with Crippen LogP contribution >= 0.6 is 0 Å². The van der Waals surface area contributed by atoms with Crippen molar-refractivity contribution in [3.63, 3.8) is 0 Å². The van der Waals surface area contributed by atoms with E-state index in [1.165, 1.54) is 0 Å². The fourth-order valence-electron chi connectivity index (χ4n) is 6.78. The number of rotatable bonds is 12. The van der Waals surface area contributed by atoms with Crippen LogP contribution in [0.15, 0.2) is 65.7 Å². The number of carbonyl (C=O) groups excluding carboxylic acids is 2. The van der Waals surface area contributed by atoms with Crippen molar-refractivity contribution in [3.8, 4) is 5.75 Å². The van der Waals surface area contributed by atoms with Crippen molar-refractivity contribution < 1.29 is 24.2 Å². The lowest BCUT2D eigenvalue weighted by Gasteiger charge is -2.42. The SMILES string of the molecule is CCC(C)/C(C(=O)OC1(C(C)(C)C)CCCC1)=C(\C)C(C)(CC(CC)c1ccc(O)cc1)C(=O)OC(C)(C)c1ccccc1. The molecule has 1 fully saturated rings. The highest BCUT2D eigenvalue weighted by molar-refractivity contribution is 5.93. The molecule has 0 saturated heterocycles. The Morgan fingerprint density at radius 2 is 1.45 bits per heavy atom. The molecule has 3 atom stereocenters. The maximum atomic E-state index is 14.6. The van der Waals surface area contributed by atoms with Gasteiger partial charge in [-0.1, -0.05) is 84.0 Å². The molecule has 0 aromatic heterocycles. The van der Waals surface area contributed by atoms with E-state index in [2.05, 4.69) is 41.5 Å². The maximum Gasteiger partial charge on any atom is 0.334 e. The highest BCUT2D eigenvalue weighted by Gasteiger charge is 2.49. The third kappa shape index (κ3) is 7.58. The van der Waals surface area contributed by atoms with Gasteiger partial charge in [-0.3, -0.25) is 4.79 Å². The van der Waals surface area contributed by atoms with Crippen LogP contribution in [0.4, 0.5) is 0 Å². The van der Waals surface area contributed by atoms with Gasteiger partial charge in [-0.2, -0.15) is 0 Å². The van der Waals surface area contributed by atoms with Gasteiger partial charge in [-0.15, -0.1) is 0 Å². The Kier molecular flexibility index (Phi) is 11.2. The molecule has 0 amide bonds. The lowest BCUT2D eigenvalue weighted by atomic mass is 9.70. The monoisotopic (exact) mass is 604 g/mol. The molecule has 0 heterocycles. The Labute approximate surface area is 266 Å². The van der Waals surface area contributed by atoms with Crippen LogP contribution in [-0.4, -0.2) is 22.6 Å². The summed E-state index contributed by atoms with van der Waals surface area (Å²) in [6.07, 6.45) is 5.72. The minimum Gasteiger partial charge on any atom is -0.508 e. The van der Waals surface area contributed by atoms with Gasteiger partial charge in [0.05, 0.1) is 5.41 Å². The smallest absolute Gasteiger partial charge is 0.334 e. The van der Waals surface area contributed by atoms with Crippen molar-refractivity contribution >= 4 is 11.9 Å². The molecule has 0 aliphatic heterocycles. The molecular formula is C39H56O5. The average molecular weight is 605 g/mol. The van der Waals surface area contributed by atoms with Crippen LogP contribution in [0, 0.1) is 16.7 Å². The zero-order valence-electron chi connectivity index (χ0n) is 28.9. The summed E-state index contributed by atoms with van der Waals surface area (Å²) in [7, 11) is 0. The van der Waals surface area contributed by atoms with E-state index in [0.717, 1.165) is 49.7 Å². The van der Waals surface area contributed by atoms with E-state index in [4.69, 9.17) is 9.47 Å². The van der Waals surface area contributed by atoms with Crippen LogP contribution in [0.2, 0.25) is 0 Å². The molecule has 0 spiro atoms. The first-order valence-corrected chi connectivity index (χ1v) is 16.5. The number of ether oxygens (including phenoxy) is 2. The van der Waals surface area contributed by atoms with Crippen molar-refractivity contribution in [1.29, 1.82) is 0 Å². The summed E-state index contributed by atoms with van der Waals surface area (Å²) >= 11 is 0. The zero-order chi connectivity index (χ0) is 32.9. The highest BCUT2D eigenvalue weighted by Crippen LogP contribution is 2.49. The van der Waals surface area contributed by atoms with Gasteiger partial charge in [0.25, 0.3) is 0 Å². The van der Waals surface area contributed by atoms with Gasteiger partial charge in [0, 0.05) is 11.0 Å². The number of aromatic hydroxyl groups is 1. The summed E-state index contributed by atoms with van der Waals surface area (Å²) in [6.45, 7) is 20.4. The average Bonchev–Trinajstić information content (AvgIpc) is 3.46. The van der Waals surface area contributed by atoms with Crippen molar-refractivity contribution in [3.05, 3.63) is 76.9 Å². The van der Waals surface area contributed by atoms with Crippen LogP contribution in [0.25, 0.3) is 0 Å². The first kappa shape index (κ1) is 35.4. The summed E-state index contributed by atoms with van der Waals surface area (Å²) < 4.78 is 13.0. The zero-order valence-corrected chi connectivity index (χ0v) is 28.9. The van der Waals surface area contributed by atoms with E-state index in [1.807, 2.05) is 70.2 Å². The van der Waals surface area contributed by atoms with E-state index >= 15 is 0 Å². The molecule has 5 heteroatoms. The van der Waals surface area contributed by atoms with Crippen LogP contribution in [-0.2, 0) is 24.7 Å². The third-order valence-electron chi connectivity index (χ3n) is 10.4. The van der Waals surface area contributed by atoms with Crippen LogP contribution < -0.4 is 0 Å². The Bertz CT molecular complexity index is 1290. The van der Waals surface area contributed by atoms with Gasteiger partial charge in [-0.25, -0.2) is 4.79 Å². The van der Waals surface area contributed by atoms with Crippen molar-refractivity contribution in [2.75, 3.05) is 0 Å². The highest BCUT2D eigenvalue weighted by atomic mass is 16.6. The summed E-state index contributed by atoms with van der Waals surface area (Å²) in [4.78, 5) is 29.0. The van der Waals surface area contributed by atoms with Crippen molar-refractivity contribution in [1.82, 2.24) is 0 Å². The number of carbonyl (C=O) groups is 2. The number of hydrogen-bond donors (Lipinski definition) is 1. The second kappa shape index (κ2) is 13.9. The minimum absolute atomic E-state index is 0.00658. The second-order valence-electron chi connectivity index (χ2n) is 14.7. The van der Waals surface area contributed by atoms with Gasteiger partial charge in [-0.05, 0) is 113 Å². The summed E-state index contributed by atoms with van der Waals surface area (Å²) in [6, 6.07) is 17.0. The first-order chi connectivity index (χ1) is 20.5. The molecule has 1 aliphatic rings. The number of phenolic OH excluding ortho intramolecular Hbond substituents is 1. The Morgan fingerprint density at radius 3 is 1.95 bits per heavy atom. The van der Waals surface area contributed by atoms with E-state index < -0.39 is 16.6 Å². The van der Waals surface area contributed by atoms with Crippen molar-refractivity contribution in [2.45, 2.75) is 131 Å². The van der Waals surface area contributed by atoms with Gasteiger partial charge in [0.1, 0.15) is 17.0 Å². The number of phenols is 1. The molecule has 0 radical (unpaired) electrons. The molecule has 2 aromatic carbocycles. The molecule has 242 valence electrons. The molecule has 0 bridgehead atoms. The second-order valence-corrected chi connectivity index (χ2v) is 14.7. The fourth-order valence-corrected chi connectivity index (χ4v) is 6.78. The van der Waals surface area contributed by atoms with E-state index in [1.54, 1.807) is 12.1 Å². The van der Waals surface area contributed by atoms with E-state index in [0.29, 0.717) is 17.6 Å². The summed E-state index contributed by atoms with van der Waals surface area (Å²) in [5.41, 5.74) is 0.493. The Hall–Kier alpha value is -3.08. The molecule has 3 unspecified atom stereocenters. The van der Waals surface area contributed by atoms with Crippen LogP contribution in [0.3, 0.4) is 0 Å². The predicted molar refractivity (Wildman–Crippen MR) is 178 cm³/mol. The maximum absolute atomic E-state index is 14.6. The Balaban J connectivity index is 2.16. The van der Waals surface area contributed by atoms with Gasteiger partial charge < -0.3 is 14.6 Å². The van der Waals surface area contributed by atoms with Gasteiger partial charge in [0.15, 0.2) is 0 Å². The van der Waals surface area contributed by atoms with Gasteiger partial charge in [0.2, 0.25) is 0 Å². The normalized spacial score (nSPS) is 18.5. The molecule has 1 N–H and O–H groups in total. The molecule has 44 heavy (non-hydrogen) atoms. The molecule has 2 aromatic rings. The van der Waals surface area contributed by atoms with Crippen LogP contribution in [0.1, 0.15) is 131 Å². The summed E-state index contributed by atoms with van der Waals surface area (Å²) in [5.74, 6) is -0.585. The number of benzene rings is 2. The molecule has 5 nitrogen and oxygen atoms in total. The molecular weight excluding hydrogens is 548 g/mol. The van der Waals surface area contributed by atoms with Gasteiger partial charge >= 0.3 is 11.9 Å². The van der Waals surface area contributed by atoms with Crippen molar-refractivity contribution in [2.24, 2.45) is 16.7 Å². The minimum atomic E-state index is -1.12. The van der Waals surface area contributed by atoms with E-state index in [9.17, 15) is 14.7 Å². The lowest BCUT2D eigenvalue weighted by molar-refractivity contribution is -0.169. The molecule has 3 rings (SSSR count). The molecule has 1 aliphatic carbocycles. The fraction of sp³-hybridized carbons (Fsp3) is 0.590. The third-order valence-corrected chi connectivity index (χ3v) is 10.4. The topological polar surface area (TPSA) is 72.8 Å². The van der Waals surface area contributed by atoms with Crippen LogP contribution in [0.5, 0.6) is 5.75 Å². The quantitative estimate of drug-likeness (QED) is 0.193. The largest absolute Gasteiger partial charge is 0.508 e. The standard InChI is InChI=1S/C39H56O5/c1-11-27(3)33(34(41)43-39(36(5,6)7)24-16-17-25-39)28(4)38(10,26-29(12-2)30-20-22-32(40)23-21-30)35(42)44-37(8,9)31-18-14-13-15-19-31/h13-15,18-23,27,29,40H,11-12,16-17,24-26H2,1-10H3/b33-28-. The Morgan fingerprint density at radius 1 is 0.886 bits per heavy atom. The number of hydrogen-bond acceptors (Lipinski definition) is 5. The summed E-state index contributed by atoms with van der Waals surface area (Å²) in [5, 5.41) is 9.94. The first-order valence-electron chi connectivity index (χ1n) is 16.5. The predicted octanol–water partition coefficient (Wildman–Crippen LogP) is 10.0. The lowest BCUT2D eigenvalue weighted by Crippen LogP contribution is -2.45. The van der Waals surface area contributed by atoms with E-state index in [-0.39, 0.29) is 34.9 Å². The number of esters is 2. The molecule has 1 saturated carbocycles.